The van der Waals surface area contributed by atoms with Gasteiger partial charge in [-0.15, -0.1) is 4.99 Å². The number of hydrogen-bond acceptors (Lipinski definition) is 4. The largest absolute Gasteiger partial charge is 0.418 e. The van der Waals surface area contributed by atoms with Crippen molar-refractivity contribution >= 4 is 35.2 Å². The third-order valence-corrected chi connectivity index (χ3v) is 4.96. The van der Waals surface area contributed by atoms with E-state index in [1.165, 1.54) is 0 Å². The van der Waals surface area contributed by atoms with E-state index in [9.17, 15) is 9.59 Å². The number of nitrogens with one attached hydrogen (secondary N) is 1. The molecule has 7 nitrogen and oxygen atoms in total. The monoisotopic (exact) mass is 410 g/mol. The van der Waals surface area contributed by atoms with Gasteiger partial charge in [0.15, 0.2) is 0 Å². The second kappa shape index (κ2) is 7.97. The van der Waals surface area contributed by atoms with Crippen LogP contribution in [0.2, 0.25) is 5.02 Å². The Labute approximate surface area is 173 Å². The van der Waals surface area contributed by atoms with Crippen molar-refractivity contribution in [3.63, 3.8) is 0 Å². The number of halogens is 1. The average Bonchev–Trinajstić information content (AvgIpc) is 3.03. The number of aliphatic imine (C=N–C) groups is 1. The van der Waals surface area contributed by atoms with Crippen LogP contribution in [-0.4, -0.2) is 40.8 Å². The lowest BCUT2D eigenvalue weighted by atomic mass is 10.1. The zero-order chi connectivity index (χ0) is 20.4. The van der Waals surface area contributed by atoms with Crippen molar-refractivity contribution in [1.82, 2.24) is 9.80 Å². The van der Waals surface area contributed by atoms with E-state index in [1.807, 2.05) is 31.2 Å². The Kier molecular flexibility index (Phi) is 5.22. The molecule has 0 unspecified atom stereocenters. The van der Waals surface area contributed by atoms with Crippen LogP contribution in [0.3, 0.4) is 0 Å². The lowest BCUT2D eigenvalue weighted by molar-refractivity contribution is -0.114. The summed E-state index contributed by atoms with van der Waals surface area (Å²) in [4.78, 5) is 32.4. The summed E-state index contributed by atoms with van der Waals surface area (Å²) in [5.41, 5.74) is 2.74. The maximum atomic E-state index is 12.6. The molecular weight excluding hydrogens is 392 g/mol. The summed E-state index contributed by atoms with van der Waals surface area (Å²) in [7, 11) is 0. The molecule has 148 valence electrons. The van der Waals surface area contributed by atoms with Crippen molar-refractivity contribution in [2.24, 2.45) is 4.99 Å². The molecular formula is C21H19ClN4O3. The number of urea groups is 1. The van der Waals surface area contributed by atoms with Crippen molar-refractivity contribution in [1.29, 1.82) is 0 Å². The van der Waals surface area contributed by atoms with Crippen molar-refractivity contribution in [3.05, 3.63) is 76.6 Å². The van der Waals surface area contributed by atoms with E-state index in [2.05, 4.69) is 10.3 Å². The molecule has 0 radical (unpaired) electrons. The maximum absolute atomic E-state index is 12.6. The first-order chi connectivity index (χ1) is 14.0. The van der Waals surface area contributed by atoms with Gasteiger partial charge in [0.2, 0.25) is 5.76 Å². The van der Waals surface area contributed by atoms with Crippen molar-refractivity contribution in [2.45, 2.75) is 13.5 Å². The fourth-order valence-corrected chi connectivity index (χ4v) is 3.30. The second-order valence-electron chi connectivity index (χ2n) is 6.78. The number of nitrogens with zero attached hydrogens (tertiary/aromatic N) is 3. The number of aryl methyl sites for hydroxylation is 1. The Morgan fingerprint density at radius 2 is 2.03 bits per heavy atom. The zero-order valence-electron chi connectivity index (χ0n) is 15.8. The molecule has 2 aliphatic heterocycles. The minimum Gasteiger partial charge on any atom is -0.418 e. The van der Waals surface area contributed by atoms with E-state index in [0.29, 0.717) is 30.3 Å². The third kappa shape index (κ3) is 4.25. The first kappa shape index (κ1) is 19.0. The van der Waals surface area contributed by atoms with Crippen LogP contribution in [0.15, 0.2) is 65.5 Å². The summed E-state index contributed by atoms with van der Waals surface area (Å²) >= 11 is 5.94. The molecule has 0 bridgehead atoms. The molecule has 0 saturated carbocycles. The van der Waals surface area contributed by atoms with Gasteiger partial charge in [0, 0.05) is 30.3 Å². The highest BCUT2D eigenvalue weighted by Crippen LogP contribution is 2.21. The third-order valence-electron chi connectivity index (χ3n) is 4.72. The standard InChI is InChI=1S/C21H19ClN4O3/c1-14-5-2-3-6-15(14)12-25-9-10-26-13-18(29-21(26)24-20(25)28)19(27)23-17-8-4-7-16(22)11-17/h2-8,11,13H,9-10,12H2,1H3,(H,23,27). The van der Waals surface area contributed by atoms with Gasteiger partial charge in [-0.1, -0.05) is 41.9 Å². The van der Waals surface area contributed by atoms with Gasteiger partial charge in [-0.2, -0.15) is 0 Å². The molecule has 0 aliphatic carbocycles. The number of carbonyl (C=O) groups is 2. The quantitative estimate of drug-likeness (QED) is 0.833. The van der Waals surface area contributed by atoms with Crippen molar-refractivity contribution in [2.75, 3.05) is 18.4 Å². The number of benzene rings is 2. The highest BCUT2D eigenvalue weighted by Gasteiger charge is 2.31. The smallest absolute Gasteiger partial charge is 0.348 e. The van der Waals surface area contributed by atoms with Crippen LogP contribution in [0, 0.1) is 6.92 Å². The first-order valence-electron chi connectivity index (χ1n) is 9.15. The summed E-state index contributed by atoms with van der Waals surface area (Å²) in [6.07, 6.45) is 1.56. The number of amides is 3. The topological polar surface area (TPSA) is 74.2 Å². The molecule has 0 spiro atoms. The molecule has 0 aromatic heterocycles. The predicted molar refractivity (Wildman–Crippen MR) is 110 cm³/mol. The number of amidine groups is 1. The summed E-state index contributed by atoms with van der Waals surface area (Å²) in [6, 6.07) is 14.5. The van der Waals surface area contributed by atoms with Gasteiger partial charge in [0.1, 0.15) is 0 Å². The van der Waals surface area contributed by atoms with Gasteiger partial charge in [-0.25, -0.2) is 4.79 Å². The van der Waals surface area contributed by atoms with Crippen molar-refractivity contribution < 1.29 is 14.3 Å². The van der Waals surface area contributed by atoms with Gasteiger partial charge >= 0.3 is 12.1 Å². The fourth-order valence-electron chi connectivity index (χ4n) is 3.11. The van der Waals surface area contributed by atoms with Gasteiger partial charge < -0.3 is 15.0 Å². The molecule has 4 rings (SSSR count). The highest BCUT2D eigenvalue weighted by molar-refractivity contribution is 6.31. The summed E-state index contributed by atoms with van der Waals surface area (Å²) in [5.74, 6) is -0.365. The van der Waals surface area contributed by atoms with E-state index in [1.54, 1.807) is 40.3 Å². The molecule has 2 aromatic carbocycles. The molecule has 0 atom stereocenters. The van der Waals surface area contributed by atoms with Crippen LogP contribution in [-0.2, 0) is 16.1 Å². The Morgan fingerprint density at radius 1 is 1.21 bits per heavy atom. The molecule has 0 saturated heterocycles. The van der Waals surface area contributed by atoms with Crippen LogP contribution in [0.25, 0.3) is 0 Å². The molecule has 2 aliphatic rings. The number of carbonyl (C=O) groups excluding carboxylic acids is 2. The van der Waals surface area contributed by atoms with Gasteiger partial charge in [-0.05, 0) is 36.2 Å². The Hall–Kier alpha value is -3.32. The Bertz CT molecular complexity index is 1030. The average molecular weight is 411 g/mol. The summed E-state index contributed by atoms with van der Waals surface area (Å²) < 4.78 is 5.55. The highest BCUT2D eigenvalue weighted by atomic mass is 35.5. The Balaban J connectivity index is 1.43. The minimum absolute atomic E-state index is 0.0730. The van der Waals surface area contributed by atoms with Gasteiger partial charge in [-0.3, -0.25) is 9.69 Å². The fraction of sp³-hybridized carbons (Fsp3) is 0.190. The molecule has 1 N–H and O–H groups in total. The van der Waals surface area contributed by atoms with Gasteiger partial charge in [0.05, 0.1) is 6.20 Å². The molecule has 0 fully saturated rings. The normalized spacial score (nSPS) is 15.9. The number of anilines is 1. The van der Waals surface area contributed by atoms with E-state index < -0.39 is 11.9 Å². The van der Waals surface area contributed by atoms with Crippen LogP contribution >= 0.6 is 11.6 Å². The van der Waals surface area contributed by atoms with E-state index >= 15 is 0 Å². The molecule has 2 heterocycles. The summed E-state index contributed by atoms with van der Waals surface area (Å²) in [5, 5.41) is 3.23. The van der Waals surface area contributed by atoms with E-state index in [0.717, 1.165) is 11.1 Å². The SMILES string of the molecule is Cc1ccccc1CN1CCN2C=C(C(=O)Nc3cccc(Cl)c3)OC2=NC1=O. The van der Waals surface area contributed by atoms with Crippen LogP contribution in [0.4, 0.5) is 10.5 Å². The van der Waals surface area contributed by atoms with Crippen LogP contribution < -0.4 is 5.32 Å². The van der Waals surface area contributed by atoms with Crippen molar-refractivity contribution in [3.8, 4) is 0 Å². The van der Waals surface area contributed by atoms with Crippen LogP contribution in [0.5, 0.6) is 0 Å². The van der Waals surface area contributed by atoms with E-state index in [-0.39, 0.29) is 11.8 Å². The van der Waals surface area contributed by atoms with Crippen LogP contribution in [0.1, 0.15) is 11.1 Å². The number of hydrogen-bond donors (Lipinski definition) is 1. The lowest BCUT2D eigenvalue weighted by Gasteiger charge is -2.20. The minimum atomic E-state index is -0.438. The molecule has 29 heavy (non-hydrogen) atoms. The second-order valence-corrected chi connectivity index (χ2v) is 7.21. The summed E-state index contributed by atoms with van der Waals surface area (Å²) in [6.45, 7) is 3.42. The van der Waals surface area contributed by atoms with E-state index in [4.69, 9.17) is 16.3 Å². The molecule has 2 aromatic rings. The lowest BCUT2D eigenvalue weighted by Crippen LogP contribution is -2.32. The maximum Gasteiger partial charge on any atom is 0.348 e. The molecule has 8 heteroatoms. The predicted octanol–water partition coefficient (Wildman–Crippen LogP) is 3.75. The number of ether oxygens (including phenoxy) is 1. The zero-order valence-corrected chi connectivity index (χ0v) is 16.5. The first-order valence-corrected chi connectivity index (χ1v) is 9.53. The molecule has 3 amide bonds. The Morgan fingerprint density at radius 3 is 2.83 bits per heavy atom. The van der Waals surface area contributed by atoms with Gasteiger partial charge in [0.25, 0.3) is 5.91 Å². The number of fused-ring (bicyclic) bond motifs is 1. The number of rotatable bonds is 4.